The van der Waals surface area contributed by atoms with E-state index >= 15 is 0 Å². The van der Waals surface area contributed by atoms with Crippen molar-refractivity contribution in [1.29, 1.82) is 0 Å². The van der Waals surface area contributed by atoms with Crippen molar-refractivity contribution in [2.75, 3.05) is 5.32 Å². The Hall–Kier alpha value is -1.04. The molecule has 0 radical (unpaired) electrons. The van der Waals surface area contributed by atoms with E-state index in [0.717, 1.165) is 18.8 Å². The van der Waals surface area contributed by atoms with Crippen LogP contribution in [0.15, 0.2) is 36.7 Å². The molecule has 2 aromatic rings. The first-order chi connectivity index (χ1) is 7.78. The zero-order valence-corrected chi connectivity index (χ0v) is 11.3. The summed E-state index contributed by atoms with van der Waals surface area (Å²) in [7, 11) is 0. The van der Waals surface area contributed by atoms with Crippen LogP contribution in [0.25, 0.3) is 0 Å². The average molecular weight is 327 g/mol. The molecule has 1 aromatic heterocycles. The number of anilines is 1. The average Bonchev–Trinajstić information content (AvgIpc) is 2.74. The van der Waals surface area contributed by atoms with E-state index in [9.17, 15) is 0 Å². The minimum Gasteiger partial charge on any atom is -0.381 e. The van der Waals surface area contributed by atoms with E-state index in [1.807, 2.05) is 10.9 Å². The number of hydrogen-bond acceptors (Lipinski definition) is 2. The van der Waals surface area contributed by atoms with Gasteiger partial charge in [0, 0.05) is 34.1 Å². The fraction of sp³-hybridized carbons (Fsp3) is 0.250. The first kappa shape index (κ1) is 11.4. The molecule has 0 spiro atoms. The molecule has 0 bridgehead atoms. The van der Waals surface area contributed by atoms with Gasteiger partial charge in [-0.1, -0.05) is 6.07 Å². The van der Waals surface area contributed by atoms with Crippen molar-refractivity contribution in [2.24, 2.45) is 0 Å². The highest BCUT2D eigenvalue weighted by Crippen LogP contribution is 2.13. The number of halogens is 1. The largest absolute Gasteiger partial charge is 0.381 e. The van der Waals surface area contributed by atoms with Crippen LogP contribution < -0.4 is 5.32 Å². The summed E-state index contributed by atoms with van der Waals surface area (Å²) >= 11 is 2.31. The Labute approximate surface area is 109 Å². The fourth-order valence-corrected chi connectivity index (χ4v) is 2.02. The summed E-state index contributed by atoms with van der Waals surface area (Å²) in [4.78, 5) is 0. The lowest BCUT2D eigenvalue weighted by Gasteiger charge is -2.04. The lowest BCUT2D eigenvalue weighted by molar-refractivity contribution is 0.659. The fourth-order valence-electron chi connectivity index (χ4n) is 1.47. The maximum atomic E-state index is 4.24. The van der Waals surface area contributed by atoms with Gasteiger partial charge in [0.1, 0.15) is 0 Å². The second-order valence-electron chi connectivity index (χ2n) is 3.57. The molecule has 16 heavy (non-hydrogen) atoms. The van der Waals surface area contributed by atoms with Gasteiger partial charge in [-0.2, -0.15) is 5.10 Å². The molecule has 0 amide bonds. The van der Waals surface area contributed by atoms with E-state index in [1.54, 1.807) is 0 Å². The van der Waals surface area contributed by atoms with Gasteiger partial charge >= 0.3 is 0 Å². The van der Waals surface area contributed by atoms with Crippen molar-refractivity contribution < 1.29 is 0 Å². The minimum absolute atomic E-state index is 0.820. The topological polar surface area (TPSA) is 29.9 Å². The molecule has 0 atom stereocenters. The van der Waals surface area contributed by atoms with E-state index in [-0.39, 0.29) is 0 Å². The third kappa shape index (κ3) is 2.98. The Bertz CT molecular complexity index is 465. The van der Waals surface area contributed by atoms with Crippen LogP contribution in [0.3, 0.4) is 0 Å². The van der Waals surface area contributed by atoms with E-state index in [4.69, 9.17) is 0 Å². The maximum absolute atomic E-state index is 4.24. The van der Waals surface area contributed by atoms with Gasteiger partial charge in [0.05, 0.1) is 6.20 Å². The summed E-state index contributed by atoms with van der Waals surface area (Å²) in [6.45, 7) is 3.83. The van der Waals surface area contributed by atoms with Gasteiger partial charge in [0.25, 0.3) is 0 Å². The molecular formula is C12H14IN3. The summed E-state index contributed by atoms with van der Waals surface area (Å²) in [6.07, 6.45) is 3.98. The third-order valence-corrected chi connectivity index (χ3v) is 3.00. The number of nitrogens with zero attached hydrogens (tertiary/aromatic N) is 2. The Morgan fingerprint density at radius 1 is 1.44 bits per heavy atom. The van der Waals surface area contributed by atoms with Crippen molar-refractivity contribution in [3.05, 3.63) is 45.8 Å². The molecule has 0 saturated heterocycles. The quantitative estimate of drug-likeness (QED) is 0.875. The van der Waals surface area contributed by atoms with Crippen LogP contribution in [-0.2, 0) is 13.1 Å². The molecule has 1 heterocycles. The predicted molar refractivity (Wildman–Crippen MR) is 74.4 cm³/mol. The Morgan fingerprint density at radius 3 is 3.00 bits per heavy atom. The van der Waals surface area contributed by atoms with Gasteiger partial charge in [-0.15, -0.1) is 0 Å². The molecule has 0 fully saturated rings. The summed E-state index contributed by atoms with van der Waals surface area (Å²) in [5, 5.41) is 7.62. The monoisotopic (exact) mass is 327 g/mol. The van der Waals surface area contributed by atoms with E-state index in [1.165, 1.54) is 9.13 Å². The van der Waals surface area contributed by atoms with Crippen LogP contribution in [0.4, 0.5) is 5.69 Å². The summed E-state index contributed by atoms with van der Waals surface area (Å²) < 4.78 is 3.18. The third-order valence-electron chi connectivity index (χ3n) is 2.33. The Balaban J connectivity index is 1.96. The molecule has 84 valence electrons. The Morgan fingerprint density at radius 2 is 2.31 bits per heavy atom. The second kappa shape index (κ2) is 5.34. The van der Waals surface area contributed by atoms with Crippen molar-refractivity contribution in [3.63, 3.8) is 0 Å². The second-order valence-corrected chi connectivity index (χ2v) is 4.81. The summed E-state index contributed by atoms with van der Waals surface area (Å²) in [6, 6.07) is 8.34. The van der Waals surface area contributed by atoms with Crippen molar-refractivity contribution in [3.8, 4) is 0 Å². The van der Waals surface area contributed by atoms with Crippen LogP contribution in [0.5, 0.6) is 0 Å². The molecule has 0 unspecified atom stereocenters. The van der Waals surface area contributed by atoms with Crippen molar-refractivity contribution >= 4 is 28.3 Å². The highest BCUT2D eigenvalue weighted by Gasteiger charge is 1.97. The number of benzene rings is 1. The number of hydrogen-bond donors (Lipinski definition) is 1. The summed E-state index contributed by atoms with van der Waals surface area (Å²) in [5.74, 6) is 0. The molecule has 1 aromatic carbocycles. The first-order valence-electron chi connectivity index (χ1n) is 5.28. The van der Waals surface area contributed by atoms with Gasteiger partial charge in [0.15, 0.2) is 0 Å². The Kier molecular flexibility index (Phi) is 3.82. The van der Waals surface area contributed by atoms with E-state index in [2.05, 4.69) is 70.4 Å². The lowest BCUT2D eigenvalue weighted by atomic mass is 10.3. The standard InChI is InChI=1S/C12H14IN3/c1-2-16-9-10(8-15-16)7-14-12-5-3-4-11(13)6-12/h3-6,8-9,14H,2,7H2,1H3. The van der Waals surface area contributed by atoms with Crippen LogP contribution in [-0.4, -0.2) is 9.78 Å². The molecule has 0 aliphatic rings. The van der Waals surface area contributed by atoms with Crippen LogP contribution in [0.1, 0.15) is 12.5 Å². The highest BCUT2D eigenvalue weighted by atomic mass is 127. The van der Waals surface area contributed by atoms with Gasteiger partial charge in [-0.05, 0) is 47.7 Å². The maximum Gasteiger partial charge on any atom is 0.0539 e. The molecular weight excluding hydrogens is 313 g/mol. The van der Waals surface area contributed by atoms with Crippen molar-refractivity contribution in [1.82, 2.24) is 9.78 Å². The molecule has 3 nitrogen and oxygen atoms in total. The molecule has 0 saturated carbocycles. The van der Waals surface area contributed by atoms with Crippen LogP contribution in [0, 0.1) is 3.57 Å². The highest BCUT2D eigenvalue weighted by molar-refractivity contribution is 14.1. The lowest BCUT2D eigenvalue weighted by Crippen LogP contribution is -1.98. The predicted octanol–water partition coefficient (Wildman–Crippen LogP) is 3.12. The van der Waals surface area contributed by atoms with Gasteiger partial charge in [-0.3, -0.25) is 4.68 Å². The van der Waals surface area contributed by atoms with Crippen LogP contribution in [0.2, 0.25) is 0 Å². The normalized spacial score (nSPS) is 10.4. The molecule has 2 rings (SSSR count). The zero-order chi connectivity index (χ0) is 11.4. The zero-order valence-electron chi connectivity index (χ0n) is 9.15. The number of nitrogens with one attached hydrogen (secondary N) is 1. The molecule has 4 heteroatoms. The van der Waals surface area contributed by atoms with Crippen molar-refractivity contribution in [2.45, 2.75) is 20.0 Å². The van der Waals surface area contributed by atoms with Crippen LogP contribution >= 0.6 is 22.6 Å². The first-order valence-corrected chi connectivity index (χ1v) is 6.36. The van der Waals surface area contributed by atoms with Gasteiger partial charge < -0.3 is 5.32 Å². The van der Waals surface area contributed by atoms with Gasteiger partial charge in [-0.25, -0.2) is 0 Å². The summed E-state index contributed by atoms with van der Waals surface area (Å²) in [5.41, 5.74) is 2.36. The minimum atomic E-state index is 0.820. The van der Waals surface area contributed by atoms with E-state index < -0.39 is 0 Å². The number of aryl methyl sites for hydroxylation is 1. The molecule has 0 aliphatic carbocycles. The SMILES string of the molecule is CCn1cc(CNc2cccc(I)c2)cn1. The van der Waals surface area contributed by atoms with E-state index in [0.29, 0.717) is 0 Å². The number of aromatic nitrogens is 2. The smallest absolute Gasteiger partial charge is 0.0539 e. The molecule has 1 N–H and O–H groups in total. The number of rotatable bonds is 4. The van der Waals surface area contributed by atoms with Gasteiger partial charge in [0.2, 0.25) is 0 Å². The molecule has 0 aliphatic heterocycles.